The van der Waals surface area contributed by atoms with Crippen molar-refractivity contribution in [3.8, 4) is 0 Å². The van der Waals surface area contributed by atoms with E-state index in [0.717, 1.165) is 21.0 Å². The summed E-state index contributed by atoms with van der Waals surface area (Å²) in [6.07, 6.45) is 0. The van der Waals surface area contributed by atoms with Gasteiger partial charge in [-0.3, -0.25) is 13.9 Å². The molecule has 3 aromatic carbocycles. The van der Waals surface area contributed by atoms with Crippen LogP contribution in [0.1, 0.15) is 30.5 Å². The van der Waals surface area contributed by atoms with Crippen molar-refractivity contribution >= 4 is 39.1 Å². The molecule has 196 valence electrons. The molecule has 0 aliphatic carbocycles. The molecule has 1 unspecified atom stereocenters. The normalized spacial score (nSPS) is 12.0. The number of benzene rings is 3. The number of likely N-dealkylation sites (N-methyl/N-ethyl adjacent to an activating group) is 1. The third-order valence-electron chi connectivity index (χ3n) is 5.96. The summed E-state index contributed by atoms with van der Waals surface area (Å²) in [5.74, 6) is -0.834. The van der Waals surface area contributed by atoms with E-state index in [0.29, 0.717) is 17.3 Å². The van der Waals surface area contributed by atoms with Gasteiger partial charge < -0.3 is 10.2 Å². The quantitative estimate of drug-likeness (QED) is 0.403. The van der Waals surface area contributed by atoms with E-state index < -0.39 is 28.5 Å². The summed E-state index contributed by atoms with van der Waals surface area (Å²) in [5.41, 5.74) is 2.90. The van der Waals surface area contributed by atoms with Crippen LogP contribution in [-0.4, -0.2) is 44.3 Å². The number of hydrogen-bond donors (Lipinski definition) is 1. The second-order valence-electron chi connectivity index (χ2n) is 8.88. The van der Waals surface area contributed by atoms with E-state index in [2.05, 4.69) is 5.32 Å². The van der Waals surface area contributed by atoms with E-state index >= 15 is 0 Å². The summed E-state index contributed by atoms with van der Waals surface area (Å²) < 4.78 is 28.7. The molecule has 0 saturated carbocycles. The van der Waals surface area contributed by atoms with Crippen LogP contribution in [0, 0.1) is 13.8 Å². The van der Waals surface area contributed by atoms with Crippen LogP contribution in [0.5, 0.6) is 0 Å². The lowest BCUT2D eigenvalue weighted by molar-refractivity contribution is -0.139. The smallest absolute Gasteiger partial charge is 0.264 e. The Morgan fingerprint density at radius 1 is 0.946 bits per heavy atom. The topological polar surface area (TPSA) is 86.8 Å². The van der Waals surface area contributed by atoms with Crippen molar-refractivity contribution in [3.05, 3.63) is 94.5 Å². The van der Waals surface area contributed by atoms with Gasteiger partial charge in [-0.15, -0.1) is 0 Å². The Balaban J connectivity index is 2.02. The molecule has 37 heavy (non-hydrogen) atoms. The number of carbonyl (C=O) groups excluding carboxylic acids is 2. The number of carbonyl (C=O) groups is 2. The van der Waals surface area contributed by atoms with Crippen molar-refractivity contribution in [2.24, 2.45) is 0 Å². The minimum absolute atomic E-state index is 0.0773. The Morgan fingerprint density at radius 3 is 2.19 bits per heavy atom. The molecule has 0 aliphatic rings. The average Bonchev–Trinajstić information content (AvgIpc) is 2.86. The molecule has 0 saturated heterocycles. The van der Waals surface area contributed by atoms with Crippen LogP contribution in [0.2, 0.25) is 5.02 Å². The Hall–Kier alpha value is -3.36. The first-order valence-corrected chi connectivity index (χ1v) is 13.8. The maximum absolute atomic E-state index is 13.8. The van der Waals surface area contributed by atoms with Gasteiger partial charge in [0.05, 0.1) is 10.6 Å². The lowest BCUT2D eigenvalue weighted by atomic mass is 10.1. The minimum atomic E-state index is -4.08. The van der Waals surface area contributed by atoms with E-state index in [4.69, 9.17) is 11.6 Å². The zero-order valence-electron chi connectivity index (χ0n) is 21.4. The molecule has 0 aromatic heterocycles. The molecule has 0 fully saturated rings. The summed E-state index contributed by atoms with van der Waals surface area (Å²) in [7, 11) is -4.08. The zero-order valence-corrected chi connectivity index (χ0v) is 23.0. The van der Waals surface area contributed by atoms with Gasteiger partial charge in [-0.25, -0.2) is 8.42 Å². The van der Waals surface area contributed by atoms with Gasteiger partial charge in [-0.2, -0.15) is 0 Å². The van der Waals surface area contributed by atoms with Gasteiger partial charge in [-0.05, 0) is 75.2 Å². The average molecular weight is 542 g/mol. The van der Waals surface area contributed by atoms with Crippen LogP contribution >= 0.6 is 11.6 Å². The van der Waals surface area contributed by atoms with Crippen molar-refractivity contribution < 1.29 is 18.0 Å². The maximum atomic E-state index is 13.8. The summed E-state index contributed by atoms with van der Waals surface area (Å²) in [6, 6.07) is 19.6. The van der Waals surface area contributed by atoms with Gasteiger partial charge in [0, 0.05) is 18.1 Å². The van der Waals surface area contributed by atoms with Crippen molar-refractivity contribution in [3.63, 3.8) is 0 Å². The Kier molecular flexibility index (Phi) is 9.34. The Bertz CT molecular complexity index is 1340. The lowest BCUT2D eigenvalue weighted by Gasteiger charge is -2.32. The van der Waals surface area contributed by atoms with Gasteiger partial charge in [0.25, 0.3) is 10.0 Å². The van der Waals surface area contributed by atoms with Crippen molar-refractivity contribution in [2.45, 2.75) is 45.2 Å². The molecule has 3 rings (SSSR count). The molecule has 3 aromatic rings. The molecule has 2 amide bonds. The first-order valence-electron chi connectivity index (χ1n) is 12.0. The fraction of sp³-hybridized carbons (Fsp3) is 0.286. The predicted molar refractivity (Wildman–Crippen MR) is 147 cm³/mol. The van der Waals surface area contributed by atoms with Gasteiger partial charge in [0.15, 0.2) is 0 Å². The molecule has 0 aliphatic heterocycles. The van der Waals surface area contributed by atoms with Crippen LogP contribution in [0.25, 0.3) is 0 Å². The highest BCUT2D eigenvalue weighted by Crippen LogP contribution is 2.26. The van der Waals surface area contributed by atoms with Gasteiger partial charge in [0.2, 0.25) is 11.8 Å². The van der Waals surface area contributed by atoms with Crippen LogP contribution < -0.4 is 9.62 Å². The highest BCUT2D eigenvalue weighted by atomic mass is 35.5. The van der Waals surface area contributed by atoms with Gasteiger partial charge in [-0.1, -0.05) is 53.6 Å². The number of anilines is 1. The van der Waals surface area contributed by atoms with E-state index in [1.165, 1.54) is 17.0 Å². The number of nitrogens with one attached hydrogen (secondary N) is 1. The van der Waals surface area contributed by atoms with Crippen LogP contribution in [0.15, 0.2) is 77.7 Å². The number of halogens is 1. The molecule has 0 spiro atoms. The van der Waals surface area contributed by atoms with Crippen molar-refractivity contribution in [1.82, 2.24) is 10.2 Å². The molecule has 0 bridgehead atoms. The molecular weight excluding hydrogens is 510 g/mol. The summed E-state index contributed by atoms with van der Waals surface area (Å²) in [4.78, 5) is 28.0. The second kappa shape index (κ2) is 12.3. The molecule has 1 atom stereocenters. The standard InChI is InChI=1S/C28H32ClN3O4S/c1-5-30-28(34)22(4)31(18-23-11-13-24(29)14-12-23)27(33)19-32(25-8-6-7-21(3)17-25)37(35,36)26-15-9-20(2)10-16-26/h6-17,22H,5,18-19H2,1-4H3,(H,30,34). The molecular formula is C28H32ClN3O4S. The number of aryl methyl sites for hydroxylation is 2. The molecule has 1 N–H and O–H groups in total. The second-order valence-corrected chi connectivity index (χ2v) is 11.2. The predicted octanol–water partition coefficient (Wildman–Crippen LogP) is 4.71. The summed E-state index contributed by atoms with van der Waals surface area (Å²) >= 11 is 6.01. The first kappa shape index (κ1) is 28.2. The third-order valence-corrected chi connectivity index (χ3v) is 8.00. The fourth-order valence-electron chi connectivity index (χ4n) is 3.84. The van der Waals surface area contributed by atoms with Crippen molar-refractivity contribution in [2.75, 3.05) is 17.4 Å². The lowest BCUT2D eigenvalue weighted by Crippen LogP contribution is -2.51. The first-order chi connectivity index (χ1) is 17.5. The van der Waals surface area contributed by atoms with E-state index in [-0.39, 0.29) is 17.3 Å². The van der Waals surface area contributed by atoms with Gasteiger partial charge in [0.1, 0.15) is 12.6 Å². The number of hydrogen-bond acceptors (Lipinski definition) is 4. The van der Waals surface area contributed by atoms with Crippen LogP contribution in [0.3, 0.4) is 0 Å². The number of rotatable bonds is 10. The fourth-order valence-corrected chi connectivity index (χ4v) is 5.37. The number of sulfonamides is 1. The van der Waals surface area contributed by atoms with E-state index in [9.17, 15) is 18.0 Å². The maximum Gasteiger partial charge on any atom is 0.264 e. The third kappa shape index (κ3) is 7.11. The molecule has 7 nitrogen and oxygen atoms in total. The zero-order chi connectivity index (χ0) is 27.2. The monoisotopic (exact) mass is 541 g/mol. The van der Waals surface area contributed by atoms with Crippen LogP contribution in [0.4, 0.5) is 5.69 Å². The van der Waals surface area contributed by atoms with E-state index in [1.807, 2.05) is 19.9 Å². The summed E-state index contributed by atoms with van der Waals surface area (Å²) in [6.45, 7) is 7.19. The SMILES string of the molecule is CCNC(=O)C(C)N(Cc1ccc(Cl)cc1)C(=O)CN(c1cccc(C)c1)S(=O)(=O)c1ccc(C)cc1. The highest BCUT2D eigenvalue weighted by molar-refractivity contribution is 7.92. The molecule has 0 radical (unpaired) electrons. The van der Waals surface area contributed by atoms with E-state index in [1.54, 1.807) is 68.4 Å². The highest BCUT2D eigenvalue weighted by Gasteiger charge is 2.32. The van der Waals surface area contributed by atoms with Crippen molar-refractivity contribution in [1.29, 1.82) is 0 Å². The number of nitrogens with zero attached hydrogens (tertiary/aromatic N) is 2. The molecule has 9 heteroatoms. The minimum Gasteiger partial charge on any atom is -0.355 e. The number of amides is 2. The Morgan fingerprint density at radius 2 is 1.59 bits per heavy atom. The summed E-state index contributed by atoms with van der Waals surface area (Å²) in [5, 5.41) is 3.29. The van der Waals surface area contributed by atoms with Gasteiger partial charge >= 0.3 is 0 Å². The molecule has 0 heterocycles. The largest absolute Gasteiger partial charge is 0.355 e. The Labute approximate surface area is 224 Å². The van der Waals surface area contributed by atoms with Crippen LogP contribution in [-0.2, 0) is 26.2 Å².